The molecule has 2 rings (SSSR count). The van der Waals surface area contributed by atoms with Crippen LogP contribution in [0.2, 0.25) is 0 Å². The summed E-state index contributed by atoms with van der Waals surface area (Å²) in [5.74, 6) is 0.986. The summed E-state index contributed by atoms with van der Waals surface area (Å²) in [6, 6.07) is 0.770. The third-order valence-electron chi connectivity index (χ3n) is 3.28. The van der Waals surface area contributed by atoms with Crippen LogP contribution < -0.4 is 5.32 Å². The van der Waals surface area contributed by atoms with Crippen LogP contribution in [0, 0.1) is 0 Å². The molecule has 1 saturated carbocycles. The quantitative estimate of drug-likeness (QED) is 0.827. The summed E-state index contributed by atoms with van der Waals surface area (Å²) in [4.78, 5) is 0. The number of rotatable bonds is 5. The van der Waals surface area contributed by atoms with E-state index in [0.29, 0.717) is 6.04 Å². The highest BCUT2D eigenvalue weighted by Crippen LogP contribution is 2.30. The van der Waals surface area contributed by atoms with Crippen LogP contribution in [0.3, 0.4) is 0 Å². The summed E-state index contributed by atoms with van der Waals surface area (Å²) in [6.45, 7) is 5.31. The Bertz CT molecular complexity index is 316. The zero-order chi connectivity index (χ0) is 11.4. The minimum absolute atomic E-state index is 0.246. The number of tetrazole rings is 1. The third kappa shape index (κ3) is 2.40. The highest BCUT2D eigenvalue weighted by molar-refractivity contribution is 4.93. The first-order valence-electron chi connectivity index (χ1n) is 6.34. The van der Waals surface area contributed by atoms with E-state index in [4.69, 9.17) is 0 Å². The summed E-state index contributed by atoms with van der Waals surface area (Å²) in [6.07, 6.45) is 6.19. The van der Waals surface area contributed by atoms with Crippen LogP contribution >= 0.6 is 0 Å². The van der Waals surface area contributed by atoms with Crippen LogP contribution in [0.25, 0.3) is 0 Å². The molecule has 90 valence electrons. The molecule has 1 N–H and O–H groups in total. The Morgan fingerprint density at radius 3 is 2.88 bits per heavy atom. The second-order valence-corrected chi connectivity index (χ2v) is 4.60. The van der Waals surface area contributed by atoms with Gasteiger partial charge in [-0.05, 0) is 43.2 Å². The van der Waals surface area contributed by atoms with Gasteiger partial charge < -0.3 is 5.32 Å². The van der Waals surface area contributed by atoms with Gasteiger partial charge in [-0.15, -0.1) is 5.10 Å². The van der Waals surface area contributed by atoms with E-state index in [1.165, 1.54) is 25.7 Å². The molecule has 1 aliphatic carbocycles. The minimum atomic E-state index is 0.246. The first kappa shape index (κ1) is 11.5. The number of hydrogen-bond donors (Lipinski definition) is 1. The molecule has 1 aliphatic rings. The number of hydrogen-bond acceptors (Lipinski definition) is 4. The van der Waals surface area contributed by atoms with Crippen molar-refractivity contribution in [3.63, 3.8) is 0 Å². The fourth-order valence-electron chi connectivity index (χ4n) is 2.35. The number of aromatic nitrogens is 4. The number of nitrogens with one attached hydrogen (secondary N) is 1. The van der Waals surface area contributed by atoms with E-state index in [1.54, 1.807) is 0 Å². The van der Waals surface area contributed by atoms with Crippen molar-refractivity contribution in [2.75, 3.05) is 6.54 Å². The van der Waals surface area contributed by atoms with Crippen molar-refractivity contribution in [3.8, 4) is 0 Å². The molecule has 1 aromatic heterocycles. The van der Waals surface area contributed by atoms with Gasteiger partial charge in [-0.1, -0.05) is 19.8 Å². The summed E-state index contributed by atoms with van der Waals surface area (Å²) < 4.78 is 2.03. The van der Waals surface area contributed by atoms with Gasteiger partial charge in [-0.25, -0.2) is 4.68 Å². The van der Waals surface area contributed by atoms with Gasteiger partial charge in [-0.3, -0.25) is 0 Å². The van der Waals surface area contributed by atoms with Gasteiger partial charge in [0.1, 0.15) is 0 Å². The van der Waals surface area contributed by atoms with E-state index >= 15 is 0 Å². The lowest BCUT2D eigenvalue weighted by Gasteiger charge is -2.16. The fraction of sp³-hybridized carbons (Fsp3) is 0.909. The van der Waals surface area contributed by atoms with Crippen LogP contribution in [0.5, 0.6) is 0 Å². The Balaban J connectivity index is 2.05. The lowest BCUT2D eigenvalue weighted by Crippen LogP contribution is -2.24. The normalized spacial score (nSPS) is 19.1. The molecule has 0 spiro atoms. The smallest absolute Gasteiger partial charge is 0.168 e. The lowest BCUT2D eigenvalue weighted by molar-refractivity contribution is 0.411. The molecule has 1 atom stereocenters. The van der Waals surface area contributed by atoms with Crippen LogP contribution in [0.4, 0.5) is 0 Å². The van der Waals surface area contributed by atoms with E-state index in [0.717, 1.165) is 18.8 Å². The van der Waals surface area contributed by atoms with Gasteiger partial charge in [0.2, 0.25) is 0 Å². The maximum atomic E-state index is 4.15. The Morgan fingerprint density at radius 2 is 2.19 bits per heavy atom. The molecule has 1 aromatic rings. The average molecular weight is 223 g/mol. The van der Waals surface area contributed by atoms with Crippen molar-refractivity contribution in [1.82, 2.24) is 25.5 Å². The highest BCUT2D eigenvalue weighted by Gasteiger charge is 2.23. The topological polar surface area (TPSA) is 55.6 Å². The highest BCUT2D eigenvalue weighted by atomic mass is 15.6. The van der Waals surface area contributed by atoms with E-state index in [1.807, 2.05) is 4.68 Å². The molecular weight excluding hydrogens is 202 g/mol. The first-order valence-corrected chi connectivity index (χ1v) is 6.34. The van der Waals surface area contributed by atoms with Gasteiger partial charge in [0.05, 0.1) is 12.1 Å². The number of nitrogens with zero attached hydrogens (tertiary/aromatic N) is 4. The second-order valence-electron chi connectivity index (χ2n) is 4.60. The molecule has 0 radical (unpaired) electrons. The van der Waals surface area contributed by atoms with Crippen LogP contribution in [0.15, 0.2) is 0 Å². The van der Waals surface area contributed by atoms with Crippen molar-refractivity contribution >= 4 is 0 Å². The maximum absolute atomic E-state index is 4.15. The summed E-state index contributed by atoms with van der Waals surface area (Å²) in [5, 5.41) is 15.5. The molecule has 0 saturated heterocycles. The molecule has 0 bridgehead atoms. The van der Waals surface area contributed by atoms with E-state index in [-0.39, 0.29) is 6.04 Å². The van der Waals surface area contributed by atoms with E-state index < -0.39 is 0 Å². The summed E-state index contributed by atoms with van der Waals surface area (Å²) >= 11 is 0. The SMILES string of the molecule is CCCNC(C)c1nnnn1C1CCCC1. The summed E-state index contributed by atoms with van der Waals surface area (Å²) in [7, 11) is 0. The van der Waals surface area contributed by atoms with Crippen molar-refractivity contribution < 1.29 is 0 Å². The average Bonchev–Trinajstić information content (AvgIpc) is 2.94. The predicted octanol–water partition coefficient (Wildman–Crippen LogP) is 1.85. The van der Waals surface area contributed by atoms with E-state index in [2.05, 4.69) is 34.7 Å². The van der Waals surface area contributed by atoms with Crippen LogP contribution in [0.1, 0.15) is 63.9 Å². The zero-order valence-electron chi connectivity index (χ0n) is 10.2. The molecular formula is C11H21N5. The Labute approximate surface area is 96.6 Å². The third-order valence-corrected chi connectivity index (χ3v) is 3.28. The summed E-state index contributed by atoms with van der Waals surface area (Å²) in [5.41, 5.74) is 0. The second kappa shape index (κ2) is 5.39. The van der Waals surface area contributed by atoms with Crippen LogP contribution in [-0.2, 0) is 0 Å². The molecule has 0 aliphatic heterocycles. The molecule has 1 unspecified atom stereocenters. The Hall–Kier alpha value is -0.970. The van der Waals surface area contributed by atoms with Gasteiger partial charge in [-0.2, -0.15) is 0 Å². The Morgan fingerprint density at radius 1 is 1.44 bits per heavy atom. The van der Waals surface area contributed by atoms with Gasteiger partial charge >= 0.3 is 0 Å². The van der Waals surface area contributed by atoms with Gasteiger partial charge in [0.25, 0.3) is 0 Å². The maximum Gasteiger partial charge on any atom is 0.168 e. The van der Waals surface area contributed by atoms with Crippen molar-refractivity contribution in [2.45, 2.75) is 58.0 Å². The molecule has 0 amide bonds. The largest absolute Gasteiger partial charge is 0.307 e. The monoisotopic (exact) mass is 223 g/mol. The molecule has 5 heteroatoms. The molecule has 16 heavy (non-hydrogen) atoms. The van der Waals surface area contributed by atoms with Crippen molar-refractivity contribution in [1.29, 1.82) is 0 Å². The van der Waals surface area contributed by atoms with Crippen molar-refractivity contribution in [3.05, 3.63) is 5.82 Å². The molecule has 0 aromatic carbocycles. The first-order chi connectivity index (χ1) is 7.83. The van der Waals surface area contributed by atoms with E-state index in [9.17, 15) is 0 Å². The van der Waals surface area contributed by atoms with Crippen LogP contribution in [-0.4, -0.2) is 26.8 Å². The molecule has 1 heterocycles. The van der Waals surface area contributed by atoms with Crippen molar-refractivity contribution in [2.24, 2.45) is 0 Å². The standard InChI is InChI=1S/C11H21N5/c1-3-8-12-9(2)11-13-14-15-16(11)10-6-4-5-7-10/h9-10,12H,3-8H2,1-2H3. The fourth-order valence-corrected chi connectivity index (χ4v) is 2.35. The molecule has 1 fully saturated rings. The van der Waals surface area contributed by atoms with Gasteiger partial charge in [0, 0.05) is 0 Å². The Kier molecular flexibility index (Phi) is 3.88. The van der Waals surface area contributed by atoms with Gasteiger partial charge in [0.15, 0.2) is 5.82 Å². The minimum Gasteiger partial charge on any atom is -0.307 e. The molecule has 5 nitrogen and oxygen atoms in total. The predicted molar refractivity (Wildman–Crippen MR) is 62.0 cm³/mol. The lowest BCUT2D eigenvalue weighted by atomic mass is 10.2. The zero-order valence-corrected chi connectivity index (χ0v) is 10.2.